The van der Waals surface area contributed by atoms with Crippen LogP contribution in [0.2, 0.25) is 0 Å². The van der Waals surface area contributed by atoms with Crippen LogP contribution in [-0.2, 0) is 9.59 Å². The summed E-state index contributed by atoms with van der Waals surface area (Å²) in [6.45, 7) is 6.59. The molecule has 1 aliphatic rings. The molecule has 0 saturated heterocycles. The second-order valence-corrected chi connectivity index (χ2v) is 6.83. The summed E-state index contributed by atoms with van der Waals surface area (Å²) in [6, 6.07) is 13.0. The van der Waals surface area contributed by atoms with E-state index in [1.54, 1.807) is 11.1 Å². The zero-order valence-electron chi connectivity index (χ0n) is 14.8. The lowest BCUT2D eigenvalue weighted by Crippen LogP contribution is -2.45. The van der Waals surface area contributed by atoms with Crippen molar-refractivity contribution in [1.29, 1.82) is 0 Å². The number of fused-ring (bicyclic) bond motifs is 1. The fourth-order valence-electron chi connectivity index (χ4n) is 3.28. The van der Waals surface area contributed by atoms with Crippen molar-refractivity contribution in [3.63, 3.8) is 0 Å². The maximum absolute atomic E-state index is 12.7. The van der Waals surface area contributed by atoms with Crippen LogP contribution in [0.1, 0.15) is 44.0 Å². The van der Waals surface area contributed by atoms with Gasteiger partial charge in [0.15, 0.2) is 0 Å². The fraction of sp³-hybridized carbons (Fsp3) is 0.350. The summed E-state index contributed by atoms with van der Waals surface area (Å²) in [5.41, 5.74) is 2.69. The Hall–Kier alpha value is -2.69. The van der Waals surface area contributed by atoms with E-state index in [2.05, 4.69) is 17.2 Å². The number of amides is 2. The van der Waals surface area contributed by atoms with Crippen LogP contribution in [0.4, 0.5) is 5.69 Å². The van der Waals surface area contributed by atoms with E-state index in [9.17, 15) is 9.59 Å². The van der Waals surface area contributed by atoms with Crippen molar-refractivity contribution >= 4 is 17.5 Å². The lowest BCUT2D eigenvalue weighted by atomic mass is 10.0. The van der Waals surface area contributed by atoms with E-state index in [0.29, 0.717) is 6.54 Å². The molecule has 1 aromatic heterocycles. The minimum absolute atomic E-state index is 0.122. The fourth-order valence-corrected chi connectivity index (χ4v) is 3.28. The minimum atomic E-state index is -0.590. The first kappa shape index (κ1) is 17.1. The summed E-state index contributed by atoms with van der Waals surface area (Å²) in [7, 11) is 0. The SMILES string of the molecule is CC(C)[C@H](NC(=O)C(=O)N1C[C@@H](C)c2ccccc21)c1ccccn1. The molecule has 0 aliphatic carbocycles. The highest BCUT2D eigenvalue weighted by atomic mass is 16.2. The summed E-state index contributed by atoms with van der Waals surface area (Å²) >= 11 is 0. The molecule has 5 nitrogen and oxygen atoms in total. The van der Waals surface area contributed by atoms with Crippen molar-refractivity contribution in [2.24, 2.45) is 5.92 Å². The van der Waals surface area contributed by atoms with Crippen molar-refractivity contribution in [3.8, 4) is 0 Å². The molecule has 0 unspecified atom stereocenters. The first-order valence-electron chi connectivity index (χ1n) is 8.61. The normalized spacial score (nSPS) is 17.3. The molecular formula is C20H23N3O2. The molecule has 3 rings (SSSR count). The van der Waals surface area contributed by atoms with Crippen molar-refractivity contribution in [2.45, 2.75) is 32.7 Å². The number of para-hydroxylation sites is 1. The molecule has 2 amide bonds. The summed E-state index contributed by atoms with van der Waals surface area (Å²) in [5, 5.41) is 2.86. The third kappa shape index (κ3) is 3.40. The van der Waals surface area contributed by atoms with Gasteiger partial charge in [-0.2, -0.15) is 0 Å². The molecule has 1 aliphatic heterocycles. The Kier molecular flexibility index (Phi) is 4.83. The van der Waals surface area contributed by atoms with Crippen LogP contribution in [0.5, 0.6) is 0 Å². The molecule has 0 fully saturated rings. The molecule has 0 radical (unpaired) electrons. The number of anilines is 1. The minimum Gasteiger partial charge on any atom is -0.339 e. The number of carbonyl (C=O) groups excluding carboxylic acids is 2. The topological polar surface area (TPSA) is 62.3 Å². The van der Waals surface area contributed by atoms with Gasteiger partial charge >= 0.3 is 11.8 Å². The Bertz CT molecular complexity index is 774. The lowest BCUT2D eigenvalue weighted by Gasteiger charge is -2.23. The van der Waals surface area contributed by atoms with E-state index < -0.39 is 11.8 Å². The van der Waals surface area contributed by atoms with E-state index in [-0.39, 0.29) is 17.9 Å². The standard InChI is InChI=1S/C20H23N3O2/c1-13(2)18(16-9-6-7-11-21-16)22-19(24)20(25)23-12-14(3)15-8-4-5-10-17(15)23/h4-11,13-14,18H,12H2,1-3H3,(H,22,24)/t14-,18+/m1/s1. The van der Waals surface area contributed by atoms with Crippen LogP contribution in [-0.4, -0.2) is 23.3 Å². The van der Waals surface area contributed by atoms with Crippen molar-refractivity contribution in [3.05, 3.63) is 59.9 Å². The molecule has 25 heavy (non-hydrogen) atoms. The van der Waals surface area contributed by atoms with Crippen LogP contribution in [0.25, 0.3) is 0 Å². The van der Waals surface area contributed by atoms with Crippen molar-refractivity contribution < 1.29 is 9.59 Å². The quantitative estimate of drug-likeness (QED) is 0.876. The first-order chi connectivity index (χ1) is 12.0. The second kappa shape index (κ2) is 7.05. The number of hydrogen-bond donors (Lipinski definition) is 1. The molecule has 0 bridgehead atoms. The van der Waals surface area contributed by atoms with Gasteiger partial charge in [0.2, 0.25) is 0 Å². The predicted molar refractivity (Wildman–Crippen MR) is 97.2 cm³/mol. The molecule has 2 heterocycles. The average molecular weight is 337 g/mol. The number of nitrogens with one attached hydrogen (secondary N) is 1. The van der Waals surface area contributed by atoms with Crippen molar-refractivity contribution in [1.82, 2.24) is 10.3 Å². The summed E-state index contributed by atoms with van der Waals surface area (Å²) < 4.78 is 0. The molecule has 1 aromatic carbocycles. The second-order valence-electron chi connectivity index (χ2n) is 6.83. The van der Waals surface area contributed by atoms with Gasteiger partial charge in [0, 0.05) is 24.3 Å². The van der Waals surface area contributed by atoms with Crippen LogP contribution < -0.4 is 10.2 Å². The van der Waals surface area contributed by atoms with E-state index in [1.807, 2.05) is 56.3 Å². The Morgan fingerprint density at radius 1 is 1.16 bits per heavy atom. The smallest absolute Gasteiger partial charge is 0.316 e. The van der Waals surface area contributed by atoms with Gasteiger partial charge in [-0.25, -0.2) is 0 Å². The van der Waals surface area contributed by atoms with Crippen molar-refractivity contribution in [2.75, 3.05) is 11.4 Å². The van der Waals surface area contributed by atoms with E-state index in [1.165, 1.54) is 0 Å². The van der Waals surface area contributed by atoms with Crippen LogP contribution in [0.15, 0.2) is 48.7 Å². The third-order valence-corrected chi connectivity index (χ3v) is 4.61. The van der Waals surface area contributed by atoms with Gasteiger partial charge in [-0.1, -0.05) is 45.0 Å². The maximum Gasteiger partial charge on any atom is 0.316 e. The maximum atomic E-state index is 12.7. The van der Waals surface area contributed by atoms with E-state index in [0.717, 1.165) is 16.9 Å². The number of hydrogen-bond acceptors (Lipinski definition) is 3. The van der Waals surface area contributed by atoms with E-state index >= 15 is 0 Å². The zero-order valence-corrected chi connectivity index (χ0v) is 14.8. The Morgan fingerprint density at radius 2 is 1.88 bits per heavy atom. The van der Waals surface area contributed by atoms with Gasteiger partial charge in [0.1, 0.15) is 0 Å². The van der Waals surface area contributed by atoms with Crippen LogP contribution >= 0.6 is 0 Å². The van der Waals surface area contributed by atoms with E-state index in [4.69, 9.17) is 0 Å². The molecule has 5 heteroatoms. The van der Waals surface area contributed by atoms with Gasteiger partial charge in [0.05, 0.1) is 11.7 Å². The number of nitrogens with zero attached hydrogens (tertiary/aromatic N) is 2. The average Bonchev–Trinajstić information content (AvgIpc) is 2.96. The predicted octanol–water partition coefficient (Wildman–Crippen LogP) is 3.05. The highest BCUT2D eigenvalue weighted by Gasteiger charge is 2.34. The van der Waals surface area contributed by atoms with Gasteiger partial charge in [0.25, 0.3) is 0 Å². The highest BCUT2D eigenvalue weighted by molar-refractivity contribution is 6.40. The Labute approximate surface area is 148 Å². The number of aromatic nitrogens is 1. The van der Waals surface area contributed by atoms with Gasteiger partial charge < -0.3 is 10.2 Å². The van der Waals surface area contributed by atoms with Crippen LogP contribution in [0, 0.1) is 5.92 Å². The molecule has 0 spiro atoms. The highest BCUT2D eigenvalue weighted by Crippen LogP contribution is 2.35. The summed E-state index contributed by atoms with van der Waals surface area (Å²) in [6.07, 6.45) is 1.69. The molecule has 1 N–H and O–H groups in total. The lowest BCUT2D eigenvalue weighted by molar-refractivity contribution is -0.138. The van der Waals surface area contributed by atoms with Gasteiger partial charge in [-0.05, 0) is 29.7 Å². The largest absolute Gasteiger partial charge is 0.339 e. The van der Waals surface area contributed by atoms with Crippen LogP contribution in [0.3, 0.4) is 0 Å². The monoisotopic (exact) mass is 337 g/mol. The molecule has 2 aromatic rings. The number of rotatable bonds is 3. The molecule has 0 saturated carbocycles. The Balaban J connectivity index is 1.78. The first-order valence-corrected chi connectivity index (χ1v) is 8.61. The molecule has 2 atom stereocenters. The number of pyridine rings is 1. The van der Waals surface area contributed by atoms with Gasteiger partial charge in [-0.3, -0.25) is 14.6 Å². The molecular weight excluding hydrogens is 314 g/mol. The molecule has 130 valence electrons. The number of benzene rings is 1. The Morgan fingerprint density at radius 3 is 2.56 bits per heavy atom. The summed E-state index contributed by atoms with van der Waals surface area (Å²) in [5.74, 6) is -0.757. The number of carbonyl (C=O) groups is 2. The third-order valence-electron chi connectivity index (χ3n) is 4.61. The van der Waals surface area contributed by atoms with Gasteiger partial charge in [-0.15, -0.1) is 0 Å². The summed E-state index contributed by atoms with van der Waals surface area (Å²) in [4.78, 5) is 31.2. The zero-order chi connectivity index (χ0) is 18.0.